The minimum atomic E-state index is -1.96. The Labute approximate surface area is 252 Å². The van der Waals surface area contributed by atoms with Gasteiger partial charge in [0.15, 0.2) is 11.4 Å². The van der Waals surface area contributed by atoms with E-state index < -0.39 is 23.0 Å². The van der Waals surface area contributed by atoms with Crippen LogP contribution in [-0.2, 0) is 20.7 Å². The minimum absolute atomic E-state index is 0.0707. The Bertz CT molecular complexity index is 1490. The Morgan fingerprint density at radius 3 is 2.51 bits per heavy atom. The van der Waals surface area contributed by atoms with E-state index in [2.05, 4.69) is 18.3 Å². The van der Waals surface area contributed by atoms with Crippen LogP contribution in [0.4, 0.5) is 0 Å². The fourth-order valence-electron chi connectivity index (χ4n) is 6.21. The number of hydrogen-bond donors (Lipinski definition) is 3. The third kappa shape index (κ3) is 5.89. The van der Waals surface area contributed by atoms with Gasteiger partial charge in [0.25, 0.3) is 5.60 Å². The Balaban J connectivity index is 1.39. The van der Waals surface area contributed by atoms with Crippen molar-refractivity contribution in [3.63, 3.8) is 0 Å². The van der Waals surface area contributed by atoms with Gasteiger partial charge in [-0.15, -0.1) is 0 Å². The smallest absolute Gasteiger partial charge is 0.350 e. The van der Waals surface area contributed by atoms with Gasteiger partial charge in [-0.1, -0.05) is 80.3 Å². The number of hydrogen-bond acceptors (Lipinski definition) is 8. The van der Waals surface area contributed by atoms with Crippen molar-refractivity contribution in [1.82, 2.24) is 5.32 Å². The molecular weight excluding hydrogens is 544 g/mol. The van der Waals surface area contributed by atoms with E-state index in [4.69, 9.17) is 15.2 Å². The number of nitrogens with two attached hydrogens (primary N) is 1. The first kappa shape index (κ1) is 30.3. The molecule has 8 heteroatoms. The molecule has 226 valence electrons. The Morgan fingerprint density at radius 2 is 1.81 bits per heavy atom. The Hall–Kier alpha value is -4.17. The van der Waals surface area contributed by atoms with E-state index >= 15 is 0 Å². The lowest BCUT2D eigenvalue weighted by Crippen LogP contribution is -2.50. The number of phenolic OH excluding ortho intramolecular Hbond substituents is 1. The zero-order chi connectivity index (χ0) is 30.6. The van der Waals surface area contributed by atoms with Crippen LogP contribution < -0.4 is 11.1 Å². The number of rotatable bonds is 13. The topological polar surface area (TPSA) is 131 Å². The molecule has 5 rings (SSSR count). The average Bonchev–Trinajstić information content (AvgIpc) is 3.72. The van der Waals surface area contributed by atoms with Crippen LogP contribution in [0.5, 0.6) is 5.75 Å². The number of carbonyl (C=O) groups is 3. The quantitative estimate of drug-likeness (QED) is 0.0948. The van der Waals surface area contributed by atoms with Crippen LogP contribution in [-0.4, -0.2) is 47.0 Å². The molecule has 2 heterocycles. The van der Waals surface area contributed by atoms with Gasteiger partial charge in [0.1, 0.15) is 5.75 Å². The maximum Gasteiger partial charge on any atom is 0.350 e. The molecule has 0 radical (unpaired) electrons. The molecule has 3 aliphatic rings. The van der Waals surface area contributed by atoms with E-state index in [1.165, 1.54) is 0 Å². The van der Waals surface area contributed by atoms with E-state index in [1.807, 2.05) is 31.2 Å². The van der Waals surface area contributed by atoms with Crippen LogP contribution in [0.15, 0.2) is 83.7 Å². The predicted octanol–water partition coefficient (Wildman–Crippen LogP) is 5.32. The van der Waals surface area contributed by atoms with Gasteiger partial charge in [0.05, 0.1) is 12.4 Å². The molecule has 2 aromatic rings. The highest BCUT2D eigenvalue weighted by molar-refractivity contribution is 6.32. The molecule has 2 aliphatic heterocycles. The first-order valence-electron chi connectivity index (χ1n) is 15.1. The van der Waals surface area contributed by atoms with Gasteiger partial charge in [-0.05, 0) is 61.4 Å². The summed E-state index contributed by atoms with van der Waals surface area (Å²) in [7, 11) is 0. The number of Topliss-reactive ketones (excluding diaryl/α,β-unsaturated/α-hetero) is 2. The summed E-state index contributed by atoms with van der Waals surface area (Å²) >= 11 is 0. The Kier molecular flexibility index (Phi) is 8.87. The summed E-state index contributed by atoms with van der Waals surface area (Å²) in [5, 5.41) is 12.8. The zero-order valence-corrected chi connectivity index (χ0v) is 24.9. The van der Waals surface area contributed by atoms with Gasteiger partial charge in [-0.3, -0.25) is 9.59 Å². The molecule has 4 N–H and O–H groups in total. The molecule has 1 aliphatic carbocycles. The van der Waals surface area contributed by atoms with Crippen molar-refractivity contribution >= 4 is 17.5 Å². The van der Waals surface area contributed by atoms with Gasteiger partial charge < -0.3 is 25.6 Å². The normalized spacial score (nSPS) is 23.3. The van der Waals surface area contributed by atoms with Crippen molar-refractivity contribution in [1.29, 1.82) is 0 Å². The highest BCUT2D eigenvalue weighted by Gasteiger charge is 2.85. The maximum atomic E-state index is 13.9. The highest BCUT2D eigenvalue weighted by Crippen LogP contribution is 2.58. The van der Waals surface area contributed by atoms with E-state index in [1.54, 1.807) is 36.4 Å². The molecule has 43 heavy (non-hydrogen) atoms. The van der Waals surface area contributed by atoms with Gasteiger partial charge in [0.2, 0.25) is 5.78 Å². The second kappa shape index (κ2) is 12.6. The largest absolute Gasteiger partial charge is 0.508 e. The molecule has 1 saturated heterocycles. The number of benzene rings is 2. The number of unbranched alkanes of at least 4 members (excludes halogenated alkanes) is 3. The lowest BCUT2D eigenvalue weighted by molar-refractivity contribution is -0.148. The number of nitrogens with one attached hydrogen (secondary N) is 1. The number of dihydropyridines is 1. The average molecular weight is 585 g/mol. The second-order valence-electron chi connectivity index (χ2n) is 11.7. The number of epoxide rings is 1. The van der Waals surface area contributed by atoms with Crippen LogP contribution in [0.3, 0.4) is 0 Å². The fraction of sp³-hybridized carbons (Fsp3) is 0.400. The van der Waals surface area contributed by atoms with E-state index in [-0.39, 0.29) is 41.6 Å². The summed E-state index contributed by atoms with van der Waals surface area (Å²) in [6.07, 6.45) is 11.1. The lowest BCUT2D eigenvalue weighted by Gasteiger charge is -2.24. The lowest BCUT2D eigenvalue weighted by atomic mass is 9.72. The van der Waals surface area contributed by atoms with E-state index in [0.29, 0.717) is 31.6 Å². The van der Waals surface area contributed by atoms with Gasteiger partial charge >= 0.3 is 5.97 Å². The van der Waals surface area contributed by atoms with Crippen LogP contribution in [0.25, 0.3) is 0 Å². The first-order valence-corrected chi connectivity index (χ1v) is 15.1. The molecule has 8 nitrogen and oxygen atoms in total. The standard InChI is InChI=1S/C35H40N2O6/c1-3-4-5-8-19-42-33(41)35-32(40)29-10-7-6-9-28(29)31(39)34(35,43-35)17-15-23(2)20-26(25-16-18-37-30(36)22-25)21-24-11-13-27(38)14-12-24/h6-7,9-16,22,26,37-38H,3-5,8,17-21,36H2,1-2H3. The summed E-state index contributed by atoms with van der Waals surface area (Å²) < 4.78 is 11.6. The number of phenols is 1. The third-order valence-electron chi connectivity index (χ3n) is 8.64. The molecule has 0 bridgehead atoms. The monoisotopic (exact) mass is 584 g/mol. The summed E-state index contributed by atoms with van der Waals surface area (Å²) in [6, 6.07) is 13.7. The predicted molar refractivity (Wildman–Crippen MR) is 163 cm³/mol. The van der Waals surface area contributed by atoms with Gasteiger partial charge in [-0.25, -0.2) is 4.79 Å². The zero-order valence-electron chi connectivity index (χ0n) is 24.9. The number of fused-ring (bicyclic) bond motifs is 2. The number of esters is 1. The molecule has 0 amide bonds. The van der Waals surface area contributed by atoms with Crippen molar-refractivity contribution in [2.45, 2.75) is 70.0 Å². The van der Waals surface area contributed by atoms with Gasteiger partial charge in [-0.2, -0.15) is 0 Å². The first-order chi connectivity index (χ1) is 20.7. The maximum absolute atomic E-state index is 13.9. The summed E-state index contributed by atoms with van der Waals surface area (Å²) in [5.41, 5.74) is 6.12. The number of carbonyl (C=O) groups excluding carboxylic acids is 3. The van der Waals surface area contributed by atoms with Crippen LogP contribution in [0.1, 0.15) is 78.7 Å². The molecular formula is C35H40N2O6. The number of ether oxygens (including phenoxy) is 2. The number of ketones is 2. The molecule has 1 fully saturated rings. The molecule has 0 spiro atoms. The van der Waals surface area contributed by atoms with Crippen molar-refractivity contribution in [2.24, 2.45) is 11.7 Å². The third-order valence-corrected chi connectivity index (χ3v) is 8.64. The van der Waals surface area contributed by atoms with E-state index in [9.17, 15) is 19.5 Å². The molecule has 0 aromatic heterocycles. The summed E-state index contributed by atoms with van der Waals surface area (Å²) in [5.74, 6) is -0.787. The number of aromatic hydroxyl groups is 1. The van der Waals surface area contributed by atoms with Crippen molar-refractivity contribution < 1.29 is 29.0 Å². The van der Waals surface area contributed by atoms with Crippen LogP contribution in [0, 0.1) is 5.92 Å². The Morgan fingerprint density at radius 1 is 1.09 bits per heavy atom. The SMILES string of the molecule is CCCCCCOC(=O)C12OC1(CC=C(C)CC(Cc1ccc(O)cc1)C1=CCNC(N)=C1)C(=O)c1ccccc1C2=O. The molecule has 3 unspecified atom stereocenters. The fourth-order valence-corrected chi connectivity index (χ4v) is 6.21. The summed E-state index contributed by atoms with van der Waals surface area (Å²) in [4.78, 5) is 41.1. The summed E-state index contributed by atoms with van der Waals surface area (Å²) in [6.45, 7) is 4.89. The van der Waals surface area contributed by atoms with Crippen molar-refractivity contribution in [3.05, 3.63) is 100 Å². The molecule has 0 saturated carbocycles. The van der Waals surface area contributed by atoms with Crippen molar-refractivity contribution in [2.75, 3.05) is 13.2 Å². The van der Waals surface area contributed by atoms with Gasteiger partial charge in [0, 0.05) is 24.1 Å². The van der Waals surface area contributed by atoms with Crippen molar-refractivity contribution in [3.8, 4) is 5.75 Å². The minimum Gasteiger partial charge on any atom is -0.508 e. The highest BCUT2D eigenvalue weighted by atomic mass is 16.7. The van der Waals surface area contributed by atoms with E-state index in [0.717, 1.165) is 36.0 Å². The van der Waals surface area contributed by atoms with Crippen LogP contribution >= 0.6 is 0 Å². The second-order valence-corrected chi connectivity index (χ2v) is 11.7. The molecule has 3 atom stereocenters. The van der Waals surface area contributed by atoms with Crippen LogP contribution in [0.2, 0.25) is 0 Å². The number of allylic oxidation sites excluding steroid dienone is 3. The molecule has 2 aromatic carbocycles.